The first-order chi connectivity index (χ1) is 13.1. The lowest BCUT2D eigenvalue weighted by Gasteiger charge is -2.27. The topological polar surface area (TPSA) is 59.3 Å². The van der Waals surface area contributed by atoms with E-state index in [0.29, 0.717) is 12.8 Å². The molecule has 0 atom stereocenters. The van der Waals surface area contributed by atoms with Crippen molar-refractivity contribution in [1.82, 2.24) is 0 Å². The Balaban J connectivity index is 1.74. The molecule has 1 aromatic carbocycles. The Morgan fingerprint density at radius 2 is 1.81 bits per heavy atom. The summed E-state index contributed by atoms with van der Waals surface area (Å²) in [5, 5.41) is 8.68. The van der Waals surface area contributed by atoms with Gasteiger partial charge >= 0.3 is 5.97 Å². The van der Waals surface area contributed by atoms with Gasteiger partial charge in [0, 0.05) is 6.61 Å². The standard InChI is InChI=1S/C21H27F2NO3/c1-2-3-4-5-6-13-26-17-10-7-15(8-11-17)21(25)27-18-12-9-16(14-24)19(22)20(18)23/h9,12,15,17H,2-8,10-11,13H2,1H3. The molecule has 6 heteroatoms. The number of nitriles is 1. The van der Waals surface area contributed by atoms with Crippen molar-refractivity contribution in [1.29, 1.82) is 5.26 Å². The molecular weight excluding hydrogens is 352 g/mol. The summed E-state index contributed by atoms with van der Waals surface area (Å²) in [6.07, 6.45) is 8.87. The van der Waals surface area contributed by atoms with Gasteiger partial charge in [0.15, 0.2) is 11.6 Å². The lowest BCUT2D eigenvalue weighted by molar-refractivity contribution is -0.141. The molecule has 1 aromatic rings. The summed E-state index contributed by atoms with van der Waals surface area (Å²) in [5.41, 5.74) is -0.417. The number of halogens is 2. The molecule has 0 spiro atoms. The maximum atomic E-state index is 13.9. The molecule has 27 heavy (non-hydrogen) atoms. The van der Waals surface area contributed by atoms with Crippen LogP contribution in [0.25, 0.3) is 0 Å². The van der Waals surface area contributed by atoms with Crippen LogP contribution in [-0.2, 0) is 9.53 Å². The molecule has 0 unspecified atom stereocenters. The monoisotopic (exact) mass is 379 g/mol. The molecule has 0 aliphatic heterocycles. The summed E-state index contributed by atoms with van der Waals surface area (Å²) in [6.45, 7) is 2.94. The Kier molecular flexibility index (Phi) is 8.66. The Morgan fingerprint density at radius 3 is 2.48 bits per heavy atom. The highest BCUT2D eigenvalue weighted by Gasteiger charge is 2.29. The van der Waals surface area contributed by atoms with Crippen LogP contribution < -0.4 is 4.74 Å². The Morgan fingerprint density at radius 1 is 1.11 bits per heavy atom. The maximum absolute atomic E-state index is 13.9. The minimum Gasteiger partial charge on any atom is -0.423 e. The number of benzene rings is 1. The quantitative estimate of drug-likeness (QED) is 0.332. The predicted octanol–water partition coefficient (Wildman–Crippen LogP) is 5.29. The van der Waals surface area contributed by atoms with Crippen LogP contribution in [0.4, 0.5) is 8.78 Å². The second kappa shape index (κ2) is 11.0. The summed E-state index contributed by atoms with van der Waals surface area (Å²) in [5.74, 6) is -3.97. The smallest absolute Gasteiger partial charge is 0.314 e. The highest BCUT2D eigenvalue weighted by molar-refractivity contribution is 5.75. The number of carbonyl (C=O) groups is 1. The first-order valence-electron chi connectivity index (χ1n) is 9.78. The van der Waals surface area contributed by atoms with Gasteiger partial charge in [0.1, 0.15) is 6.07 Å². The second-order valence-electron chi connectivity index (χ2n) is 7.03. The number of esters is 1. The lowest BCUT2D eigenvalue weighted by atomic mass is 9.87. The van der Waals surface area contributed by atoms with Gasteiger partial charge in [-0.25, -0.2) is 4.39 Å². The molecule has 0 saturated heterocycles. The molecule has 0 radical (unpaired) electrons. The number of ether oxygens (including phenoxy) is 2. The van der Waals surface area contributed by atoms with Crippen molar-refractivity contribution in [3.05, 3.63) is 29.3 Å². The van der Waals surface area contributed by atoms with Crippen LogP contribution in [0.5, 0.6) is 5.75 Å². The molecule has 0 bridgehead atoms. The summed E-state index contributed by atoms with van der Waals surface area (Å²) in [7, 11) is 0. The van der Waals surface area contributed by atoms with Crippen LogP contribution >= 0.6 is 0 Å². The van der Waals surface area contributed by atoms with E-state index in [1.165, 1.54) is 25.7 Å². The molecule has 0 amide bonds. The first-order valence-corrected chi connectivity index (χ1v) is 9.78. The van der Waals surface area contributed by atoms with E-state index in [-0.39, 0.29) is 12.0 Å². The fourth-order valence-corrected chi connectivity index (χ4v) is 3.31. The SMILES string of the molecule is CCCCCCCOC1CCC(C(=O)Oc2ccc(C#N)c(F)c2F)CC1. The van der Waals surface area contributed by atoms with E-state index >= 15 is 0 Å². The molecule has 148 valence electrons. The van der Waals surface area contributed by atoms with Crippen LogP contribution in [-0.4, -0.2) is 18.7 Å². The maximum Gasteiger partial charge on any atom is 0.314 e. The molecule has 4 nitrogen and oxygen atoms in total. The Bertz CT molecular complexity index is 664. The van der Waals surface area contributed by atoms with Crippen molar-refractivity contribution in [2.24, 2.45) is 5.92 Å². The molecule has 1 saturated carbocycles. The third-order valence-corrected chi connectivity index (χ3v) is 4.99. The minimum atomic E-state index is -1.30. The fraction of sp³-hybridized carbons (Fsp3) is 0.619. The summed E-state index contributed by atoms with van der Waals surface area (Å²) < 4.78 is 38.4. The highest BCUT2D eigenvalue weighted by atomic mass is 19.2. The highest BCUT2D eigenvalue weighted by Crippen LogP contribution is 2.29. The van der Waals surface area contributed by atoms with Crippen molar-refractivity contribution >= 4 is 5.97 Å². The predicted molar refractivity (Wildman–Crippen MR) is 97.2 cm³/mol. The normalized spacial score (nSPS) is 19.5. The van der Waals surface area contributed by atoms with E-state index in [1.54, 1.807) is 6.07 Å². The van der Waals surface area contributed by atoms with Crippen molar-refractivity contribution in [3.8, 4) is 11.8 Å². The van der Waals surface area contributed by atoms with Gasteiger partial charge in [0.05, 0.1) is 17.6 Å². The average molecular weight is 379 g/mol. The first kappa shape index (κ1) is 21.3. The zero-order valence-corrected chi connectivity index (χ0v) is 15.8. The van der Waals surface area contributed by atoms with Crippen LogP contribution in [0.2, 0.25) is 0 Å². The van der Waals surface area contributed by atoms with Crippen LogP contribution in [0.1, 0.15) is 70.3 Å². The van der Waals surface area contributed by atoms with Gasteiger partial charge in [0.2, 0.25) is 5.82 Å². The molecule has 1 aliphatic rings. The zero-order valence-electron chi connectivity index (χ0n) is 15.8. The van der Waals surface area contributed by atoms with E-state index in [4.69, 9.17) is 14.7 Å². The third-order valence-electron chi connectivity index (χ3n) is 4.99. The molecule has 1 fully saturated rings. The summed E-state index contributed by atoms with van der Waals surface area (Å²) in [6, 6.07) is 3.76. The fourth-order valence-electron chi connectivity index (χ4n) is 3.31. The number of carbonyl (C=O) groups excluding carboxylic acids is 1. The molecule has 0 N–H and O–H groups in total. The van der Waals surface area contributed by atoms with Gasteiger partial charge in [-0.15, -0.1) is 0 Å². The van der Waals surface area contributed by atoms with E-state index in [2.05, 4.69) is 6.92 Å². The van der Waals surface area contributed by atoms with E-state index in [9.17, 15) is 13.6 Å². The molecule has 0 aromatic heterocycles. The van der Waals surface area contributed by atoms with Gasteiger partial charge in [-0.05, 0) is 44.2 Å². The van der Waals surface area contributed by atoms with Crippen molar-refractivity contribution in [2.45, 2.75) is 70.8 Å². The van der Waals surface area contributed by atoms with Gasteiger partial charge in [0.25, 0.3) is 0 Å². The number of nitrogens with zero attached hydrogens (tertiary/aromatic N) is 1. The van der Waals surface area contributed by atoms with Crippen LogP contribution in [0.3, 0.4) is 0 Å². The summed E-state index contributed by atoms with van der Waals surface area (Å²) in [4.78, 5) is 12.2. The van der Waals surface area contributed by atoms with Crippen molar-refractivity contribution in [3.63, 3.8) is 0 Å². The number of hydrogen-bond acceptors (Lipinski definition) is 4. The Hall–Kier alpha value is -2.00. The van der Waals surface area contributed by atoms with Gasteiger partial charge in [-0.2, -0.15) is 9.65 Å². The van der Waals surface area contributed by atoms with E-state index < -0.39 is 28.9 Å². The molecule has 0 heterocycles. The summed E-state index contributed by atoms with van der Waals surface area (Å²) >= 11 is 0. The van der Waals surface area contributed by atoms with Crippen LogP contribution in [0.15, 0.2) is 12.1 Å². The van der Waals surface area contributed by atoms with E-state index in [0.717, 1.165) is 38.0 Å². The Labute approximate surface area is 159 Å². The second-order valence-corrected chi connectivity index (χ2v) is 7.03. The van der Waals surface area contributed by atoms with Gasteiger partial charge < -0.3 is 9.47 Å². The van der Waals surface area contributed by atoms with Gasteiger partial charge in [-0.3, -0.25) is 4.79 Å². The van der Waals surface area contributed by atoms with Crippen molar-refractivity contribution < 1.29 is 23.0 Å². The molecule has 1 aliphatic carbocycles. The zero-order chi connectivity index (χ0) is 19.6. The number of hydrogen-bond donors (Lipinski definition) is 0. The van der Waals surface area contributed by atoms with Crippen LogP contribution in [0, 0.1) is 28.9 Å². The van der Waals surface area contributed by atoms with E-state index in [1.807, 2.05) is 0 Å². The minimum absolute atomic E-state index is 0.157. The average Bonchev–Trinajstić information content (AvgIpc) is 2.69. The number of rotatable bonds is 9. The third kappa shape index (κ3) is 6.28. The lowest BCUT2D eigenvalue weighted by Crippen LogP contribution is -2.29. The molecule has 2 rings (SSSR count). The molecular formula is C21H27F2NO3. The van der Waals surface area contributed by atoms with Gasteiger partial charge in [-0.1, -0.05) is 32.6 Å². The largest absolute Gasteiger partial charge is 0.423 e. The number of unbranched alkanes of at least 4 members (excludes halogenated alkanes) is 4. The van der Waals surface area contributed by atoms with Crippen molar-refractivity contribution in [2.75, 3.05) is 6.61 Å².